The second kappa shape index (κ2) is 11.3. The molecule has 1 aliphatic rings. The molecule has 196 valence electrons. The molecule has 1 amide bonds. The van der Waals surface area contributed by atoms with E-state index in [2.05, 4.69) is 27.9 Å². The van der Waals surface area contributed by atoms with Crippen LogP contribution in [0, 0.1) is 0 Å². The SMILES string of the molecule is Cn1cc2cc(C(=O)N[C@@H](Cc3ccc(OCCCc4ccc5c(n4)NCCC5)cc3)C(=O)O)ccc2n1. The second-order valence-electron chi connectivity index (χ2n) is 9.58. The number of carbonyl (C=O) groups excluding carboxylic acids is 1. The second-order valence-corrected chi connectivity index (χ2v) is 9.58. The molecule has 0 aliphatic carbocycles. The highest BCUT2D eigenvalue weighted by Crippen LogP contribution is 2.21. The van der Waals surface area contributed by atoms with Gasteiger partial charge in [0, 0.05) is 42.9 Å². The number of hydrogen-bond donors (Lipinski definition) is 3. The molecule has 2 aromatic carbocycles. The van der Waals surface area contributed by atoms with Gasteiger partial charge < -0.3 is 20.5 Å². The number of nitrogens with zero attached hydrogens (tertiary/aromatic N) is 3. The molecule has 4 aromatic rings. The fraction of sp³-hybridized carbons (Fsp3) is 0.310. The Morgan fingerprint density at radius 3 is 2.82 bits per heavy atom. The van der Waals surface area contributed by atoms with Gasteiger partial charge in [-0.25, -0.2) is 9.78 Å². The number of pyridine rings is 1. The number of aromatic nitrogens is 3. The van der Waals surface area contributed by atoms with Gasteiger partial charge in [-0.1, -0.05) is 18.2 Å². The van der Waals surface area contributed by atoms with Crippen LogP contribution < -0.4 is 15.4 Å². The number of aliphatic carboxylic acids is 1. The summed E-state index contributed by atoms with van der Waals surface area (Å²) in [6.07, 6.45) is 5.87. The molecule has 0 fully saturated rings. The van der Waals surface area contributed by atoms with Gasteiger partial charge in [-0.2, -0.15) is 5.10 Å². The van der Waals surface area contributed by atoms with Crippen molar-refractivity contribution in [3.8, 4) is 5.75 Å². The van der Waals surface area contributed by atoms with Crippen LogP contribution in [0.25, 0.3) is 10.9 Å². The number of hydrogen-bond acceptors (Lipinski definition) is 6. The summed E-state index contributed by atoms with van der Waals surface area (Å²) in [4.78, 5) is 29.3. The molecule has 5 rings (SSSR count). The number of amides is 1. The average molecular weight is 514 g/mol. The van der Waals surface area contributed by atoms with Gasteiger partial charge in [0.25, 0.3) is 5.91 Å². The van der Waals surface area contributed by atoms with E-state index in [1.54, 1.807) is 22.9 Å². The van der Waals surface area contributed by atoms with Crippen molar-refractivity contribution in [2.24, 2.45) is 7.05 Å². The lowest BCUT2D eigenvalue weighted by atomic mass is 10.0. The Morgan fingerprint density at radius 1 is 1.16 bits per heavy atom. The topological polar surface area (TPSA) is 118 Å². The van der Waals surface area contributed by atoms with E-state index in [-0.39, 0.29) is 6.42 Å². The Morgan fingerprint density at radius 2 is 2.00 bits per heavy atom. The quantitative estimate of drug-likeness (QED) is 0.276. The summed E-state index contributed by atoms with van der Waals surface area (Å²) < 4.78 is 7.54. The van der Waals surface area contributed by atoms with Crippen molar-refractivity contribution in [2.75, 3.05) is 18.5 Å². The summed E-state index contributed by atoms with van der Waals surface area (Å²) in [5.74, 6) is 0.199. The van der Waals surface area contributed by atoms with Crippen LogP contribution in [0.5, 0.6) is 5.75 Å². The Balaban J connectivity index is 1.11. The van der Waals surface area contributed by atoms with Crippen LogP contribution in [0.1, 0.15) is 40.0 Å². The first kappa shape index (κ1) is 25.3. The number of carboxylic acid groups (broad SMARTS) is 1. The molecule has 0 radical (unpaired) electrons. The highest BCUT2D eigenvalue weighted by molar-refractivity contribution is 5.99. The van der Waals surface area contributed by atoms with Crippen molar-refractivity contribution >= 4 is 28.6 Å². The number of benzene rings is 2. The standard InChI is InChI=1S/C29H31N5O4/c1-34-18-22-17-21(9-13-25(22)33-34)28(35)32-26(29(36)37)16-19-6-11-24(12-7-19)38-15-3-5-23-10-8-20-4-2-14-30-27(20)31-23/h6-13,17-18,26H,2-5,14-16H2,1H3,(H,30,31)(H,32,35)(H,36,37)/t26-/m0/s1. The lowest BCUT2D eigenvalue weighted by Gasteiger charge is -2.17. The van der Waals surface area contributed by atoms with E-state index in [1.807, 2.05) is 37.5 Å². The molecule has 0 spiro atoms. The molecule has 38 heavy (non-hydrogen) atoms. The lowest BCUT2D eigenvalue weighted by Crippen LogP contribution is -2.42. The fourth-order valence-corrected chi connectivity index (χ4v) is 4.64. The third-order valence-electron chi connectivity index (χ3n) is 6.65. The molecule has 1 aliphatic heterocycles. The first-order chi connectivity index (χ1) is 18.4. The van der Waals surface area contributed by atoms with E-state index in [9.17, 15) is 14.7 Å². The molecule has 0 bridgehead atoms. The number of carboxylic acids is 1. The van der Waals surface area contributed by atoms with E-state index in [4.69, 9.17) is 9.72 Å². The number of anilines is 1. The Labute approximate surface area is 220 Å². The fourth-order valence-electron chi connectivity index (χ4n) is 4.64. The van der Waals surface area contributed by atoms with Gasteiger partial charge in [-0.05, 0) is 73.2 Å². The van der Waals surface area contributed by atoms with Crippen LogP contribution in [-0.2, 0) is 31.1 Å². The van der Waals surface area contributed by atoms with Gasteiger partial charge in [0.05, 0.1) is 12.1 Å². The largest absolute Gasteiger partial charge is 0.494 e. The van der Waals surface area contributed by atoms with Crippen LogP contribution in [0.15, 0.2) is 60.8 Å². The number of ether oxygens (including phenoxy) is 1. The average Bonchev–Trinajstić information content (AvgIpc) is 3.30. The first-order valence-corrected chi connectivity index (χ1v) is 12.9. The molecule has 0 saturated heterocycles. The summed E-state index contributed by atoms with van der Waals surface area (Å²) in [5.41, 5.74) is 4.29. The van der Waals surface area contributed by atoms with E-state index in [1.165, 1.54) is 5.56 Å². The first-order valence-electron chi connectivity index (χ1n) is 12.9. The molecule has 0 unspecified atom stereocenters. The Bertz CT molecular complexity index is 1450. The lowest BCUT2D eigenvalue weighted by molar-refractivity contribution is -0.139. The van der Waals surface area contributed by atoms with Crippen molar-refractivity contribution in [3.63, 3.8) is 0 Å². The normalized spacial score (nSPS) is 13.4. The van der Waals surface area contributed by atoms with E-state index < -0.39 is 17.9 Å². The van der Waals surface area contributed by atoms with E-state index in [0.717, 1.165) is 66.0 Å². The third kappa shape index (κ3) is 6.11. The smallest absolute Gasteiger partial charge is 0.326 e. The van der Waals surface area contributed by atoms with Crippen LogP contribution in [0.2, 0.25) is 0 Å². The minimum atomic E-state index is -1.09. The highest BCUT2D eigenvalue weighted by Gasteiger charge is 2.21. The van der Waals surface area contributed by atoms with Gasteiger partial charge in [0.15, 0.2) is 0 Å². The molecule has 9 nitrogen and oxygen atoms in total. The monoisotopic (exact) mass is 513 g/mol. The van der Waals surface area contributed by atoms with Gasteiger partial charge in [0.1, 0.15) is 17.6 Å². The van der Waals surface area contributed by atoms with Gasteiger partial charge in [0.2, 0.25) is 0 Å². The number of fused-ring (bicyclic) bond motifs is 2. The zero-order valence-electron chi connectivity index (χ0n) is 21.3. The summed E-state index contributed by atoms with van der Waals surface area (Å²) in [5, 5.41) is 20.8. The summed E-state index contributed by atoms with van der Waals surface area (Å²) in [6, 6.07) is 15.6. The van der Waals surface area contributed by atoms with Crippen molar-refractivity contribution in [2.45, 2.75) is 38.1 Å². The molecular weight excluding hydrogens is 482 g/mol. The van der Waals surface area contributed by atoms with Crippen LogP contribution >= 0.6 is 0 Å². The van der Waals surface area contributed by atoms with Crippen molar-refractivity contribution in [3.05, 3.63) is 83.2 Å². The number of carbonyl (C=O) groups is 2. The predicted octanol–water partition coefficient (Wildman–Crippen LogP) is 3.76. The number of aryl methyl sites for hydroxylation is 3. The van der Waals surface area contributed by atoms with Crippen molar-refractivity contribution in [1.82, 2.24) is 20.1 Å². The van der Waals surface area contributed by atoms with Crippen LogP contribution in [-0.4, -0.2) is 50.9 Å². The van der Waals surface area contributed by atoms with Crippen LogP contribution in [0.4, 0.5) is 5.82 Å². The maximum atomic E-state index is 12.7. The minimum absolute atomic E-state index is 0.161. The van der Waals surface area contributed by atoms with Gasteiger partial charge in [-0.3, -0.25) is 9.48 Å². The van der Waals surface area contributed by atoms with Crippen molar-refractivity contribution < 1.29 is 19.4 Å². The Kier molecular flexibility index (Phi) is 7.53. The third-order valence-corrected chi connectivity index (χ3v) is 6.65. The van der Waals surface area contributed by atoms with Crippen molar-refractivity contribution in [1.29, 1.82) is 0 Å². The highest BCUT2D eigenvalue weighted by atomic mass is 16.5. The summed E-state index contributed by atoms with van der Waals surface area (Å²) in [6.45, 7) is 1.53. The minimum Gasteiger partial charge on any atom is -0.494 e. The summed E-state index contributed by atoms with van der Waals surface area (Å²) >= 11 is 0. The molecule has 9 heteroatoms. The Hall–Kier alpha value is -4.40. The van der Waals surface area contributed by atoms with Crippen LogP contribution in [0.3, 0.4) is 0 Å². The number of rotatable bonds is 10. The molecule has 0 saturated carbocycles. The molecule has 3 heterocycles. The van der Waals surface area contributed by atoms with E-state index >= 15 is 0 Å². The molecule has 1 atom stereocenters. The zero-order chi connectivity index (χ0) is 26.5. The molecular formula is C29H31N5O4. The molecule has 2 aromatic heterocycles. The van der Waals surface area contributed by atoms with Gasteiger partial charge >= 0.3 is 5.97 Å². The predicted molar refractivity (Wildman–Crippen MR) is 145 cm³/mol. The maximum Gasteiger partial charge on any atom is 0.326 e. The number of nitrogens with one attached hydrogen (secondary N) is 2. The summed E-state index contributed by atoms with van der Waals surface area (Å²) in [7, 11) is 1.81. The van der Waals surface area contributed by atoms with E-state index in [0.29, 0.717) is 12.2 Å². The molecule has 3 N–H and O–H groups in total. The maximum absolute atomic E-state index is 12.7. The zero-order valence-corrected chi connectivity index (χ0v) is 21.3. The van der Waals surface area contributed by atoms with Gasteiger partial charge in [-0.15, -0.1) is 0 Å².